The molecule has 0 amide bonds. The molecule has 1 saturated heterocycles. The third kappa shape index (κ3) is 4.37. The molecule has 1 aliphatic heterocycles. The average molecular weight is 203 g/mol. The van der Waals surface area contributed by atoms with Gasteiger partial charge >= 0.3 is 0 Å². The summed E-state index contributed by atoms with van der Waals surface area (Å²) >= 11 is 0. The summed E-state index contributed by atoms with van der Waals surface area (Å²) in [6, 6.07) is 0. The fourth-order valence-corrected chi connectivity index (χ4v) is 1.71. The topological polar surface area (TPSA) is 52.9 Å². The Morgan fingerprint density at radius 1 is 1.43 bits per heavy atom. The third-order valence-electron chi connectivity index (χ3n) is 2.54. The summed E-state index contributed by atoms with van der Waals surface area (Å²) in [5.41, 5.74) is 0. The molecule has 2 N–H and O–H groups in total. The van der Waals surface area contributed by atoms with Crippen LogP contribution < -0.4 is 0 Å². The van der Waals surface area contributed by atoms with Gasteiger partial charge in [0.05, 0.1) is 18.8 Å². The van der Waals surface area contributed by atoms with Gasteiger partial charge in [0.1, 0.15) is 0 Å². The van der Waals surface area contributed by atoms with Crippen LogP contribution in [0.5, 0.6) is 0 Å². The zero-order valence-corrected chi connectivity index (χ0v) is 8.85. The Hall–Kier alpha value is -0.160. The van der Waals surface area contributed by atoms with Crippen molar-refractivity contribution >= 4 is 0 Å². The molecule has 1 rings (SSSR count). The highest BCUT2D eigenvalue weighted by Crippen LogP contribution is 2.09. The van der Waals surface area contributed by atoms with Gasteiger partial charge in [-0.15, -0.1) is 0 Å². The van der Waals surface area contributed by atoms with Crippen molar-refractivity contribution in [3.05, 3.63) is 0 Å². The molecular formula is C10H21NO3. The van der Waals surface area contributed by atoms with Gasteiger partial charge in [-0.3, -0.25) is 0 Å². The predicted octanol–water partition coefficient (Wildman–Crippen LogP) is -0.160. The van der Waals surface area contributed by atoms with Crippen LogP contribution in [0.1, 0.15) is 19.8 Å². The van der Waals surface area contributed by atoms with Gasteiger partial charge < -0.3 is 19.8 Å². The number of hydrogen-bond donors (Lipinski definition) is 2. The molecular weight excluding hydrogens is 182 g/mol. The Labute approximate surface area is 85.5 Å². The van der Waals surface area contributed by atoms with E-state index in [2.05, 4.69) is 4.90 Å². The van der Waals surface area contributed by atoms with Gasteiger partial charge in [0, 0.05) is 26.2 Å². The molecule has 0 aliphatic carbocycles. The highest BCUT2D eigenvalue weighted by molar-refractivity contribution is 4.73. The van der Waals surface area contributed by atoms with Gasteiger partial charge in [0.25, 0.3) is 0 Å². The highest BCUT2D eigenvalue weighted by Gasteiger charge is 2.18. The number of hydrogen-bond acceptors (Lipinski definition) is 4. The maximum atomic E-state index is 9.57. The predicted molar refractivity (Wildman–Crippen MR) is 54.2 cm³/mol. The van der Waals surface area contributed by atoms with Crippen molar-refractivity contribution in [3.63, 3.8) is 0 Å². The van der Waals surface area contributed by atoms with Gasteiger partial charge in [-0.25, -0.2) is 0 Å². The quantitative estimate of drug-likeness (QED) is 0.652. The van der Waals surface area contributed by atoms with Crippen molar-refractivity contribution in [1.82, 2.24) is 4.90 Å². The Balaban J connectivity index is 2.10. The Bertz CT molecular complexity index is 146. The molecule has 0 aromatic carbocycles. The zero-order valence-electron chi connectivity index (χ0n) is 8.85. The van der Waals surface area contributed by atoms with E-state index in [0.717, 1.165) is 25.9 Å². The molecule has 4 nitrogen and oxygen atoms in total. The molecule has 0 spiro atoms. The number of piperidine rings is 1. The standard InChI is InChI=1S/C10H21NO3/c1-2-14-8-10(13)7-11-5-3-9(12)4-6-11/h9-10,12-13H,2-8H2,1H3. The first-order chi connectivity index (χ1) is 6.72. The monoisotopic (exact) mass is 203 g/mol. The molecule has 0 bridgehead atoms. The first-order valence-corrected chi connectivity index (χ1v) is 5.38. The fraction of sp³-hybridized carbons (Fsp3) is 1.00. The molecule has 1 aliphatic rings. The lowest BCUT2D eigenvalue weighted by atomic mass is 10.1. The fourth-order valence-electron chi connectivity index (χ4n) is 1.71. The van der Waals surface area contributed by atoms with E-state index in [1.165, 1.54) is 0 Å². The SMILES string of the molecule is CCOCC(O)CN1CCC(O)CC1. The normalized spacial score (nSPS) is 22.5. The summed E-state index contributed by atoms with van der Waals surface area (Å²) in [7, 11) is 0. The molecule has 0 saturated carbocycles. The minimum absolute atomic E-state index is 0.143. The number of aliphatic hydroxyl groups excluding tert-OH is 2. The smallest absolute Gasteiger partial charge is 0.0900 e. The van der Waals surface area contributed by atoms with Gasteiger partial charge in [-0.05, 0) is 19.8 Å². The van der Waals surface area contributed by atoms with Gasteiger partial charge in [0.15, 0.2) is 0 Å². The Morgan fingerprint density at radius 3 is 2.64 bits per heavy atom. The van der Waals surface area contributed by atoms with Crippen molar-refractivity contribution in [3.8, 4) is 0 Å². The molecule has 0 aromatic heterocycles. The summed E-state index contributed by atoms with van der Waals surface area (Å²) in [6.45, 7) is 5.40. The van der Waals surface area contributed by atoms with Gasteiger partial charge in [-0.1, -0.05) is 0 Å². The molecule has 1 atom stereocenters. The van der Waals surface area contributed by atoms with Crippen LogP contribution in [0.2, 0.25) is 0 Å². The molecule has 0 radical (unpaired) electrons. The number of rotatable bonds is 5. The molecule has 84 valence electrons. The Morgan fingerprint density at radius 2 is 2.07 bits per heavy atom. The third-order valence-corrected chi connectivity index (χ3v) is 2.54. The van der Waals surface area contributed by atoms with E-state index in [-0.39, 0.29) is 6.10 Å². The second-order valence-corrected chi connectivity index (χ2v) is 3.85. The summed E-state index contributed by atoms with van der Waals surface area (Å²) in [5, 5.41) is 18.9. The van der Waals surface area contributed by atoms with Gasteiger partial charge in [0.2, 0.25) is 0 Å². The van der Waals surface area contributed by atoms with Crippen LogP contribution in [0.4, 0.5) is 0 Å². The summed E-state index contributed by atoms with van der Waals surface area (Å²) in [6.07, 6.45) is 1.10. The van der Waals surface area contributed by atoms with Crippen LogP contribution in [0, 0.1) is 0 Å². The zero-order chi connectivity index (χ0) is 10.4. The van der Waals surface area contributed by atoms with E-state index in [1.54, 1.807) is 0 Å². The first kappa shape index (κ1) is 11.9. The number of nitrogens with zero attached hydrogens (tertiary/aromatic N) is 1. The second kappa shape index (κ2) is 6.35. The number of likely N-dealkylation sites (tertiary alicyclic amines) is 1. The van der Waals surface area contributed by atoms with E-state index in [1.807, 2.05) is 6.92 Å². The summed E-state index contributed by atoms with van der Waals surface area (Å²) < 4.78 is 5.13. The lowest BCUT2D eigenvalue weighted by molar-refractivity contribution is 0.00584. The largest absolute Gasteiger partial charge is 0.393 e. The van der Waals surface area contributed by atoms with Crippen LogP contribution in [-0.2, 0) is 4.74 Å². The second-order valence-electron chi connectivity index (χ2n) is 3.85. The lowest BCUT2D eigenvalue weighted by Gasteiger charge is -2.30. The van der Waals surface area contributed by atoms with Crippen LogP contribution in [-0.4, -0.2) is 60.2 Å². The minimum Gasteiger partial charge on any atom is -0.393 e. The molecule has 4 heteroatoms. The van der Waals surface area contributed by atoms with Crippen molar-refractivity contribution in [2.75, 3.05) is 32.8 Å². The highest BCUT2D eigenvalue weighted by atomic mass is 16.5. The van der Waals surface area contributed by atoms with Crippen LogP contribution in [0.15, 0.2) is 0 Å². The maximum absolute atomic E-state index is 9.57. The van der Waals surface area contributed by atoms with E-state index < -0.39 is 6.10 Å². The van der Waals surface area contributed by atoms with E-state index in [0.29, 0.717) is 19.8 Å². The number of ether oxygens (including phenoxy) is 1. The van der Waals surface area contributed by atoms with E-state index >= 15 is 0 Å². The molecule has 14 heavy (non-hydrogen) atoms. The summed E-state index contributed by atoms with van der Waals surface area (Å²) in [5.74, 6) is 0. The van der Waals surface area contributed by atoms with Crippen molar-refractivity contribution in [2.45, 2.75) is 32.0 Å². The van der Waals surface area contributed by atoms with E-state index in [9.17, 15) is 10.2 Å². The van der Waals surface area contributed by atoms with Crippen LogP contribution >= 0.6 is 0 Å². The number of β-amino-alcohol motifs (C(OH)–C–C–N with tert-alkyl or cyclic N) is 1. The van der Waals surface area contributed by atoms with Gasteiger partial charge in [-0.2, -0.15) is 0 Å². The Kier molecular flexibility index (Phi) is 5.40. The molecule has 1 heterocycles. The van der Waals surface area contributed by atoms with Crippen molar-refractivity contribution in [1.29, 1.82) is 0 Å². The van der Waals surface area contributed by atoms with Crippen LogP contribution in [0.25, 0.3) is 0 Å². The minimum atomic E-state index is -0.398. The average Bonchev–Trinajstić information content (AvgIpc) is 2.18. The van der Waals surface area contributed by atoms with Crippen molar-refractivity contribution < 1.29 is 14.9 Å². The lowest BCUT2D eigenvalue weighted by Crippen LogP contribution is -2.41. The van der Waals surface area contributed by atoms with E-state index in [4.69, 9.17) is 4.74 Å². The molecule has 1 fully saturated rings. The van der Waals surface area contributed by atoms with Crippen LogP contribution in [0.3, 0.4) is 0 Å². The molecule has 0 aromatic rings. The molecule has 1 unspecified atom stereocenters. The van der Waals surface area contributed by atoms with Crippen molar-refractivity contribution in [2.24, 2.45) is 0 Å². The first-order valence-electron chi connectivity index (χ1n) is 5.38. The maximum Gasteiger partial charge on any atom is 0.0900 e. The summed E-state index contributed by atoms with van der Waals surface area (Å²) in [4.78, 5) is 2.18. The number of aliphatic hydroxyl groups is 2.